The van der Waals surface area contributed by atoms with Gasteiger partial charge in [0, 0.05) is 19.0 Å². The van der Waals surface area contributed by atoms with Crippen molar-refractivity contribution in [3.8, 4) is 0 Å². The minimum atomic E-state index is -0.115. The Hall–Kier alpha value is -0.650. The van der Waals surface area contributed by atoms with Crippen molar-refractivity contribution in [3.63, 3.8) is 0 Å². The van der Waals surface area contributed by atoms with Crippen molar-refractivity contribution in [1.29, 1.82) is 0 Å². The maximum absolute atomic E-state index is 11.1. The van der Waals surface area contributed by atoms with Crippen LogP contribution in [0.4, 0.5) is 0 Å². The van der Waals surface area contributed by atoms with Gasteiger partial charge in [-0.05, 0) is 19.4 Å². The lowest BCUT2D eigenvalue weighted by molar-refractivity contribution is -0.131. The second kappa shape index (κ2) is 5.95. The molecule has 1 fully saturated rings. The summed E-state index contributed by atoms with van der Waals surface area (Å²) in [6.07, 6.45) is 2.56. The molecule has 1 heterocycles. The average Bonchev–Trinajstić information content (AvgIpc) is 2.62. The Balaban J connectivity index is 2.20. The number of aliphatic hydroxyl groups is 1. The van der Waals surface area contributed by atoms with Gasteiger partial charge in [-0.25, -0.2) is 5.48 Å². The smallest absolute Gasteiger partial charge is 0.244 e. The molecule has 2 N–H and O–H groups in total. The number of nitrogens with one attached hydrogen (secondary N) is 1. The van der Waals surface area contributed by atoms with E-state index in [1.54, 1.807) is 0 Å². The van der Waals surface area contributed by atoms with Gasteiger partial charge in [-0.2, -0.15) is 0 Å². The third-order valence-electron chi connectivity index (χ3n) is 2.55. The number of likely N-dealkylation sites (tertiary alicyclic amines) is 1. The molecule has 14 heavy (non-hydrogen) atoms. The van der Waals surface area contributed by atoms with E-state index in [1.165, 1.54) is 7.11 Å². The fourth-order valence-corrected chi connectivity index (χ4v) is 1.81. The Kier molecular flexibility index (Phi) is 4.86. The number of amides is 1. The number of carbonyl (C=O) groups is 1. The number of hydrogen-bond acceptors (Lipinski definition) is 4. The van der Waals surface area contributed by atoms with E-state index in [1.807, 2.05) is 0 Å². The van der Waals surface area contributed by atoms with Crippen LogP contribution in [0.2, 0.25) is 0 Å². The van der Waals surface area contributed by atoms with E-state index in [2.05, 4.69) is 15.2 Å². The van der Waals surface area contributed by atoms with Crippen LogP contribution < -0.4 is 5.48 Å². The number of hydrogen-bond donors (Lipinski definition) is 2. The zero-order valence-corrected chi connectivity index (χ0v) is 8.53. The number of rotatable bonds is 5. The molecule has 1 aliphatic heterocycles. The number of aliphatic hydroxyl groups excluding tert-OH is 1. The molecule has 5 nitrogen and oxygen atoms in total. The molecule has 1 aliphatic rings. The lowest BCUT2D eigenvalue weighted by Gasteiger charge is -2.21. The van der Waals surface area contributed by atoms with E-state index in [0.29, 0.717) is 13.0 Å². The third kappa shape index (κ3) is 3.25. The second-order valence-electron chi connectivity index (χ2n) is 3.49. The first-order valence-electron chi connectivity index (χ1n) is 4.94. The summed E-state index contributed by atoms with van der Waals surface area (Å²) in [5, 5.41) is 9.04. The van der Waals surface area contributed by atoms with Crippen LogP contribution in [0.3, 0.4) is 0 Å². The lowest BCUT2D eigenvalue weighted by atomic mass is 10.2. The van der Waals surface area contributed by atoms with Gasteiger partial charge in [-0.3, -0.25) is 14.5 Å². The van der Waals surface area contributed by atoms with Gasteiger partial charge in [0.2, 0.25) is 5.91 Å². The van der Waals surface area contributed by atoms with Gasteiger partial charge >= 0.3 is 0 Å². The van der Waals surface area contributed by atoms with Crippen molar-refractivity contribution in [3.05, 3.63) is 0 Å². The number of nitrogens with zero attached hydrogens (tertiary/aromatic N) is 1. The first kappa shape index (κ1) is 11.4. The van der Waals surface area contributed by atoms with E-state index in [-0.39, 0.29) is 18.6 Å². The predicted octanol–water partition coefficient (Wildman–Crippen LogP) is -0.489. The van der Waals surface area contributed by atoms with Crippen molar-refractivity contribution in [2.45, 2.75) is 25.3 Å². The molecular weight excluding hydrogens is 184 g/mol. The standard InChI is InChI=1S/C9H18N2O3/c1-14-10-9(13)4-6-11-5-2-3-8(11)7-12/h8,12H,2-7H2,1H3,(H,10,13)/t8-/m1/s1. The maximum atomic E-state index is 11.1. The van der Waals surface area contributed by atoms with Gasteiger partial charge in [0.25, 0.3) is 0 Å². The quantitative estimate of drug-likeness (QED) is 0.591. The molecule has 1 rings (SSSR count). The Labute approximate surface area is 84.0 Å². The highest BCUT2D eigenvalue weighted by atomic mass is 16.6. The van der Waals surface area contributed by atoms with Crippen LogP contribution in [0.5, 0.6) is 0 Å². The molecular formula is C9H18N2O3. The molecule has 0 bridgehead atoms. The minimum absolute atomic E-state index is 0.115. The Bertz CT molecular complexity index is 187. The van der Waals surface area contributed by atoms with E-state index in [4.69, 9.17) is 5.11 Å². The first-order valence-corrected chi connectivity index (χ1v) is 4.94. The van der Waals surface area contributed by atoms with Gasteiger partial charge in [-0.15, -0.1) is 0 Å². The summed E-state index contributed by atoms with van der Waals surface area (Å²) in [6.45, 7) is 1.86. The van der Waals surface area contributed by atoms with Crippen molar-refractivity contribution in [1.82, 2.24) is 10.4 Å². The Morgan fingerprint density at radius 2 is 2.50 bits per heavy atom. The van der Waals surface area contributed by atoms with Gasteiger partial charge < -0.3 is 5.11 Å². The van der Waals surface area contributed by atoms with Crippen LogP contribution in [0.1, 0.15) is 19.3 Å². The van der Waals surface area contributed by atoms with Crippen LogP contribution in [-0.4, -0.2) is 48.8 Å². The topological polar surface area (TPSA) is 61.8 Å². The summed E-state index contributed by atoms with van der Waals surface area (Å²) in [7, 11) is 1.42. The lowest BCUT2D eigenvalue weighted by Crippen LogP contribution is -2.35. The average molecular weight is 202 g/mol. The van der Waals surface area contributed by atoms with Gasteiger partial charge in [0.05, 0.1) is 13.7 Å². The van der Waals surface area contributed by atoms with Gasteiger partial charge in [0.1, 0.15) is 0 Å². The second-order valence-corrected chi connectivity index (χ2v) is 3.49. The molecule has 5 heteroatoms. The van der Waals surface area contributed by atoms with Crippen LogP contribution in [0, 0.1) is 0 Å². The van der Waals surface area contributed by atoms with E-state index in [0.717, 1.165) is 19.4 Å². The molecule has 0 saturated carbocycles. The molecule has 1 atom stereocenters. The molecule has 0 radical (unpaired) electrons. The minimum Gasteiger partial charge on any atom is -0.395 e. The highest BCUT2D eigenvalue weighted by Crippen LogP contribution is 2.16. The highest BCUT2D eigenvalue weighted by Gasteiger charge is 2.23. The van der Waals surface area contributed by atoms with Crippen molar-refractivity contribution >= 4 is 5.91 Å². The zero-order chi connectivity index (χ0) is 10.4. The Morgan fingerprint density at radius 1 is 1.71 bits per heavy atom. The summed E-state index contributed by atoms with van der Waals surface area (Å²) in [4.78, 5) is 17.7. The van der Waals surface area contributed by atoms with Crippen LogP contribution in [0.25, 0.3) is 0 Å². The van der Waals surface area contributed by atoms with Crippen molar-refractivity contribution in [2.24, 2.45) is 0 Å². The largest absolute Gasteiger partial charge is 0.395 e. The maximum Gasteiger partial charge on any atom is 0.244 e. The molecule has 1 amide bonds. The van der Waals surface area contributed by atoms with E-state index >= 15 is 0 Å². The zero-order valence-electron chi connectivity index (χ0n) is 8.53. The number of carbonyl (C=O) groups excluding carboxylic acids is 1. The molecule has 1 saturated heterocycles. The molecule has 0 spiro atoms. The van der Waals surface area contributed by atoms with Crippen molar-refractivity contribution < 1.29 is 14.7 Å². The normalized spacial score (nSPS) is 22.6. The summed E-state index contributed by atoms with van der Waals surface area (Å²) in [6, 6.07) is 0.241. The third-order valence-corrected chi connectivity index (χ3v) is 2.55. The molecule has 0 aromatic heterocycles. The summed E-state index contributed by atoms with van der Waals surface area (Å²) in [5.41, 5.74) is 2.27. The summed E-state index contributed by atoms with van der Waals surface area (Å²) < 4.78 is 0. The van der Waals surface area contributed by atoms with Crippen LogP contribution in [0.15, 0.2) is 0 Å². The summed E-state index contributed by atoms with van der Waals surface area (Å²) in [5.74, 6) is -0.115. The summed E-state index contributed by atoms with van der Waals surface area (Å²) >= 11 is 0. The monoisotopic (exact) mass is 202 g/mol. The molecule has 82 valence electrons. The molecule has 0 aromatic rings. The fraction of sp³-hybridized carbons (Fsp3) is 0.889. The van der Waals surface area contributed by atoms with Crippen LogP contribution >= 0.6 is 0 Å². The van der Waals surface area contributed by atoms with E-state index in [9.17, 15) is 4.79 Å². The number of hydroxylamine groups is 1. The van der Waals surface area contributed by atoms with E-state index < -0.39 is 0 Å². The van der Waals surface area contributed by atoms with Gasteiger partial charge in [-0.1, -0.05) is 0 Å². The molecule has 0 aliphatic carbocycles. The SMILES string of the molecule is CONC(=O)CCN1CCC[C@@H]1CO. The molecule has 0 unspecified atom stereocenters. The van der Waals surface area contributed by atoms with Crippen LogP contribution in [-0.2, 0) is 9.63 Å². The van der Waals surface area contributed by atoms with Crippen molar-refractivity contribution in [2.75, 3.05) is 26.8 Å². The first-order chi connectivity index (χ1) is 6.77. The predicted molar refractivity (Wildman–Crippen MR) is 51.4 cm³/mol. The fourth-order valence-electron chi connectivity index (χ4n) is 1.81. The molecule has 0 aromatic carbocycles. The van der Waals surface area contributed by atoms with Gasteiger partial charge in [0.15, 0.2) is 0 Å². The highest BCUT2D eigenvalue weighted by molar-refractivity contribution is 5.74. The Morgan fingerprint density at radius 3 is 3.14 bits per heavy atom.